The number of rotatable bonds is 4. The van der Waals surface area contributed by atoms with E-state index >= 15 is 0 Å². The predicted octanol–water partition coefficient (Wildman–Crippen LogP) is 2.95. The van der Waals surface area contributed by atoms with Crippen LogP contribution < -0.4 is 5.73 Å². The monoisotopic (exact) mass is 349 g/mol. The van der Waals surface area contributed by atoms with E-state index in [4.69, 9.17) is 10.3 Å². The van der Waals surface area contributed by atoms with Gasteiger partial charge in [-0.1, -0.05) is 31.1 Å². The van der Waals surface area contributed by atoms with E-state index in [-0.39, 0.29) is 5.92 Å². The molecule has 1 aromatic carbocycles. The lowest BCUT2D eigenvalue weighted by molar-refractivity contribution is 0.309. The molecule has 1 aliphatic heterocycles. The minimum absolute atomic E-state index is 0.195. The molecular formula is C17H23N3O3S. The Morgan fingerprint density at radius 1 is 1.21 bits per heavy atom. The van der Waals surface area contributed by atoms with Gasteiger partial charge in [-0.05, 0) is 36.5 Å². The van der Waals surface area contributed by atoms with Crippen molar-refractivity contribution in [3.63, 3.8) is 0 Å². The molecule has 2 aromatic rings. The zero-order chi connectivity index (χ0) is 17.3. The number of piperidine rings is 1. The lowest BCUT2D eigenvalue weighted by Gasteiger charge is -2.30. The first-order chi connectivity index (χ1) is 11.4. The van der Waals surface area contributed by atoms with Gasteiger partial charge in [0, 0.05) is 25.1 Å². The maximum atomic E-state index is 12.8. The number of nitrogens with zero attached hydrogens (tertiary/aromatic N) is 2. The molecule has 0 spiro atoms. The van der Waals surface area contributed by atoms with Crippen LogP contribution in [0.25, 0.3) is 0 Å². The lowest BCUT2D eigenvalue weighted by Crippen LogP contribution is -2.37. The number of sulfonamides is 1. The number of benzene rings is 1. The minimum atomic E-state index is -3.44. The fraction of sp³-hybridized carbons (Fsp3) is 0.471. The molecule has 0 radical (unpaired) electrons. The fourth-order valence-electron chi connectivity index (χ4n) is 3.06. The number of aromatic nitrogens is 1. The summed E-state index contributed by atoms with van der Waals surface area (Å²) in [6.45, 7) is 5.13. The normalized spacial score (nSPS) is 17.5. The third-order valence-corrected chi connectivity index (χ3v) is 6.52. The predicted molar refractivity (Wildman–Crippen MR) is 92.2 cm³/mol. The molecule has 3 rings (SSSR count). The molecule has 0 saturated carbocycles. The van der Waals surface area contributed by atoms with Crippen molar-refractivity contribution < 1.29 is 12.9 Å². The molecular weight excluding hydrogens is 326 g/mol. The van der Waals surface area contributed by atoms with Crippen LogP contribution in [0.15, 0.2) is 39.8 Å². The summed E-state index contributed by atoms with van der Waals surface area (Å²) in [4.78, 5) is 0.357. The molecule has 7 heteroatoms. The van der Waals surface area contributed by atoms with Gasteiger partial charge in [-0.15, -0.1) is 0 Å². The number of nitrogens with two attached hydrogens (primary N) is 1. The Kier molecular flexibility index (Phi) is 4.64. The lowest BCUT2D eigenvalue weighted by atomic mass is 9.95. The molecule has 0 amide bonds. The average molecular weight is 349 g/mol. The SMILES string of the molecule is CC(C)c1ccc(S(=O)(=O)N2CCC(c3cc(N)on3)CC2)cc1. The van der Waals surface area contributed by atoms with Crippen molar-refractivity contribution in [3.8, 4) is 0 Å². The average Bonchev–Trinajstić information content (AvgIpc) is 3.01. The maximum Gasteiger partial charge on any atom is 0.243 e. The van der Waals surface area contributed by atoms with Crippen molar-refractivity contribution in [2.24, 2.45) is 0 Å². The van der Waals surface area contributed by atoms with Gasteiger partial charge in [0.05, 0.1) is 10.6 Å². The van der Waals surface area contributed by atoms with E-state index in [1.54, 1.807) is 22.5 Å². The van der Waals surface area contributed by atoms with Crippen molar-refractivity contribution in [2.75, 3.05) is 18.8 Å². The molecule has 2 heterocycles. The number of hydrogen-bond donors (Lipinski definition) is 1. The molecule has 130 valence electrons. The van der Waals surface area contributed by atoms with Gasteiger partial charge >= 0.3 is 0 Å². The van der Waals surface area contributed by atoms with Crippen molar-refractivity contribution >= 4 is 15.9 Å². The van der Waals surface area contributed by atoms with E-state index in [0.717, 1.165) is 24.1 Å². The van der Waals surface area contributed by atoms with E-state index in [9.17, 15) is 8.42 Å². The Balaban J connectivity index is 1.70. The van der Waals surface area contributed by atoms with Gasteiger partial charge in [-0.25, -0.2) is 8.42 Å². The summed E-state index contributed by atoms with van der Waals surface area (Å²) < 4.78 is 32.0. The first-order valence-corrected chi connectivity index (χ1v) is 9.64. The van der Waals surface area contributed by atoms with Crippen molar-refractivity contribution in [1.82, 2.24) is 9.46 Å². The highest BCUT2D eigenvalue weighted by Gasteiger charge is 2.31. The van der Waals surface area contributed by atoms with Crippen molar-refractivity contribution in [1.29, 1.82) is 0 Å². The van der Waals surface area contributed by atoms with Gasteiger partial charge in [0.25, 0.3) is 0 Å². The van der Waals surface area contributed by atoms with Crippen LogP contribution in [0.3, 0.4) is 0 Å². The standard InChI is InChI=1S/C17H23N3O3S/c1-12(2)13-3-5-15(6-4-13)24(21,22)20-9-7-14(8-10-20)16-11-17(18)23-19-16/h3-6,11-12,14H,7-10,18H2,1-2H3. The molecule has 6 nitrogen and oxygen atoms in total. The van der Waals surface area contributed by atoms with Crippen LogP contribution >= 0.6 is 0 Å². The van der Waals surface area contributed by atoms with E-state index in [2.05, 4.69) is 19.0 Å². The summed E-state index contributed by atoms with van der Waals surface area (Å²) in [6.07, 6.45) is 1.44. The van der Waals surface area contributed by atoms with Gasteiger partial charge in [0.1, 0.15) is 0 Å². The maximum absolute atomic E-state index is 12.8. The Morgan fingerprint density at radius 3 is 2.33 bits per heavy atom. The van der Waals surface area contributed by atoms with Crippen LogP contribution in [0.5, 0.6) is 0 Å². The van der Waals surface area contributed by atoms with E-state index in [1.165, 1.54) is 0 Å². The summed E-state index contributed by atoms with van der Waals surface area (Å²) in [6, 6.07) is 8.91. The Hall–Kier alpha value is -1.86. The molecule has 1 saturated heterocycles. The van der Waals surface area contributed by atoms with Gasteiger partial charge in [0.2, 0.25) is 15.9 Å². The van der Waals surface area contributed by atoms with E-state index in [1.807, 2.05) is 12.1 Å². The molecule has 0 bridgehead atoms. The van der Waals surface area contributed by atoms with Crippen LogP contribution in [0, 0.1) is 0 Å². The van der Waals surface area contributed by atoms with Crippen LogP contribution in [0.4, 0.5) is 5.88 Å². The van der Waals surface area contributed by atoms with Crippen LogP contribution in [0.2, 0.25) is 0 Å². The van der Waals surface area contributed by atoms with Crippen LogP contribution in [-0.2, 0) is 10.0 Å². The summed E-state index contributed by atoms with van der Waals surface area (Å²) in [5.74, 6) is 0.874. The summed E-state index contributed by atoms with van der Waals surface area (Å²) in [5, 5.41) is 3.94. The molecule has 24 heavy (non-hydrogen) atoms. The van der Waals surface area contributed by atoms with Gasteiger partial charge in [-0.3, -0.25) is 0 Å². The summed E-state index contributed by atoms with van der Waals surface area (Å²) >= 11 is 0. The minimum Gasteiger partial charge on any atom is -0.368 e. The van der Waals surface area contributed by atoms with Crippen molar-refractivity contribution in [2.45, 2.75) is 43.4 Å². The first-order valence-electron chi connectivity index (χ1n) is 8.20. The summed E-state index contributed by atoms with van der Waals surface area (Å²) in [5.41, 5.74) is 7.50. The summed E-state index contributed by atoms with van der Waals surface area (Å²) in [7, 11) is -3.44. The highest BCUT2D eigenvalue weighted by atomic mass is 32.2. The smallest absolute Gasteiger partial charge is 0.243 e. The Morgan fingerprint density at radius 2 is 1.83 bits per heavy atom. The molecule has 1 fully saturated rings. The number of anilines is 1. The highest BCUT2D eigenvalue weighted by Crippen LogP contribution is 2.31. The van der Waals surface area contributed by atoms with E-state index < -0.39 is 10.0 Å². The first kappa shape index (κ1) is 17.0. The second kappa shape index (κ2) is 6.57. The molecule has 0 unspecified atom stereocenters. The van der Waals surface area contributed by atoms with Crippen molar-refractivity contribution in [3.05, 3.63) is 41.6 Å². The molecule has 1 aromatic heterocycles. The number of nitrogen functional groups attached to an aromatic ring is 1. The Bertz CT molecular complexity index is 789. The van der Waals surface area contributed by atoms with Gasteiger partial charge in [-0.2, -0.15) is 4.31 Å². The molecule has 0 aliphatic carbocycles. The second-order valence-electron chi connectivity index (χ2n) is 6.56. The fourth-order valence-corrected chi connectivity index (χ4v) is 4.53. The third-order valence-electron chi connectivity index (χ3n) is 4.60. The van der Waals surface area contributed by atoms with E-state index in [0.29, 0.717) is 29.8 Å². The highest BCUT2D eigenvalue weighted by molar-refractivity contribution is 7.89. The largest absolute Gasteiger partial charge is 0.368 e. The van der Waals surface area contributed by atoms with Gasteiger partial charge in [0.15, 0.2) is 0 Å². The molecule has 2 N–H and O–H groups in total. The third kappa shape index (κ3) is 3.32. The number of hydrogen-bond acceptors (Lipinski definition) is 5. The zero-order valence-electron chi connectivity index (χ0n) is 14.0. The quantitative estimate of drug-likeness (QED) is 0.916. The second-order valence-corrected chi connectivity index (χ2v) is 8.49. The van der Waals surface area contributed by atoms with Gasteiger partial charge < -0.3 is 10.3 Å². The molecule has 0 atom stereocenters. The molecule has 1 aliphatic rings. The van der Waals surface area contributed by atoms with Crippen LogP contribution in [-0.4, -0.2) is 31.0 Å². The zero-order valence-corrected chi connectivity index (χ0v) is 14.8. The van der Waals surface area contributed by atoms with Crippen LogP contribution in [0.1, 0.15) is 49.8 Å². The topological polar surface area (TPSA) is 89.4 Å². The Labute approximate surface area is 142 Å².